The number of alkyl halides is 2. The van der Waals surface area contributed by atoms with E-state index in [1.807, 2.05) is 0 Å². The molecule has 4 N–H and O–H groups in total. The highest BCUT2D eigenvalue weighted by Crippen LogP contribution is 2.25. The number of phenols is 2. The number of aliphatic carboxylic acids is 1. The van der Waals surface area contributed by atoms with Crippen LogP contribution in [0.25, 0.3) is 0 Å². The molecule has 1 aromatic rings. The van der Waals surface area contributed by atoms with Gasteiger partial charge in [-0.1, -0.05) is 6.07 Å². The maximum absolute atomic E-state index is 12.2. The lowest BCUT2D eigenvalue weighted by Gasteiger charge is -2.14. The van der Waals surface area contributed by atoms with E-state index in [2.05, 4.69) is 0 Å². The maximum atomic E-state index is 12.2. The van der Waals surface area contributed by atoms with Gasteiger partial charge in [0.25, 0.3) is 10.0 Å². The van der Waals surface area contributed by atoms with Crippen LogP contribution in [0, 0.1) is 0 Å². The van der Waals surface area contributed by atoms with E-state index >= 15 is 0 Å². The van der Waals surface area contributed by atoms with Crippen LogP contribution in [0.2, 0.25) is 0 Å². The number of halogens is 2. The van der Waals surface area contributed by atoms with Gasteiger partial charge in [0.15, 0.2) is 11.5 Å². The number of sulfonamides is 1. The molecule has 0 saturated carbocycles. The highest BCUT2D eigenvalue weighted by Gasteiger charge is 2.30. The molecule has 0 saturated heterocycles. The molecule has 0 aliphatic rings. The molecule has 10 heteroatoms. The van der Waals surface area contributed by atoms with Crippen molar-refractivity contribution in [3.8, 4) is 11.5 Å². The SMILES string of the molecule is O=C(O)[C@H](Cc1ccc(O)c(O)c1)NS(=O)(=O)C(F)F. The van der Waals surface area contributed by atoms with Crippen molar-refractivity contribution in [2.24, 2.45) is 0 Å². The lowest BCUT2D eigenvalue weighted by molar-refractivity contribution is -0.138. The first-order chi connectivity index (χ1) is 9.13. The standard InChI is InChI=1S/C10H11F2NO6S/c11-10(12)20(18,19)13-6(9(16)17)3-5-1-2-7(14)8(15)4-5/h1-2,4,6,10,13-15H,3H2,(H,16,17)/t6-/m0/s1. The molecule has 20 heavy (non-hydrogen) atoms. The maximum Gasteiger partial charge on any atom is 0.350 e. The second kappa shape index (κ2) is 6.01. The van der Waals surface area contributed by atoms with Crippen molar-refractivity contribution in [3.63, 3.8) is 0 Å². The van der Waals surface area contributed by atoms with Crippen molar-refractivity contribution in [2.75, 3.05) is 0 Å². The van der Waals surface area contributed by atoms with E-state index < -0.39 is 45.7 Å². The van der Waals surface area contributed by atoms with Gasteiger partial charge in [0.1, 0.15) is 6.04 Å². The fraction of sp³-hybridized carbons (Fsp3) is 0.300. The fourth-order valence-electron chi connectivity index (χ4n) is 1.36. The summed E-state index contributed by atoms with van der Waals surface area (Å²) in [6.45, 7) is 0. The van der Waals surface area contributed by atoms with Crippen molar-refractivity contribution in [2.45, 2.75) is 18.2 Å². The van der Waals surface area contributed by atoms with Gasteiger partial charge in [-0.3, -0.25) is 4.79 Å². The van der Waals surface area contributed by atoms with Crippen LogP contribution in [-0.4, -0.2) is 41.5 Å². The van der Waals surface area contributed by atoms with Crippen LogP contribution in [0.3, 0.4) is 0 Å². The van der Waals surface area contributed by atoms with Crippen LogP contribution >= 0.6 is 0 Å². The molecule has 0 unspecified atom stereocenters. The molecule has 1 aromatic carbocycles. The molecule has 0 radical (unpaired) electrons. The van der Waals surface area contributed by atoms with E-state index in [0.717, 1.165) is 12.1 Å². The molecule has 0 aromatic heterocycles. The number of rotatable bonds is 6. The number of hydrogen-bond donors (Lipinski definition) is 4. The Morgan fingerprint density at radius 3 is 2.30 bits per heavy atom. The molecule has 0 amide bonds. The average Bonchev–Trinajstić information content (AvgIpc) is 2.32. The third-order valence-corrected chi connectivity index (χ3v) is 3.40. The van der Waals surface area contributed by atoms with Gasteiger partial charge in [0.05, 0.1) is 0 Å². The van der Waals surface area contributed by atoms with Crippen molar-refractivity contribution in [1.82, 2.24) is 4.72 Å². The van der Waals surface area contributed by atoms with Crippen molar-refractivity contribution < 1.29 is 37.3 Å². The van der Waals surface area contributed by atoms with Gasteiger partial charge in [-0.2, -0.15) is 13.5 Å². The lowest BCUT2D eigenvalue weighted by atomic mass is 10.1. The molecule has 0 aliphatic heterocycles. The number of benzene rings is 1. The molecule has 0 aliphatic carbocycles. The van der Waals surface area contributed by atoms with Gasteiger partial charge in [-0.25, -0.2) is 8.42 Å². The summed E-state index contributed by atoms with van der Waals surface area (Å²) in [5.74, 6) is -6.39. The molecule has 1 atom stereocenters. The highest BCUT2D eigenvalue weighted by molar-refractivity contribution is 7.89. The van der Waals surface area contributed by atoms with Crippen LogP contribution < -0.4 is 4.72 Å². The van der Waals surface area contributed by atoms with Gasteiger partial charge in [0, 0.05) is 0 Å². The number of carboxylic acid groups (broad SMARTS) is 1. The molecular formula is C10H11F2NO6S. The fourth-order valence-corrected chi connectivity index (χ4v) is 2.04. The Kier molecular flexibility index (Phi) is 4.84. The minimum absolute atomic E-state index is 0.143. The first-order valence-corrected chi connectivity index (χ1v) is 6.71. The quantitative estimate of drug-likeness (QED) is 0.558. The average molecular weight is 311 g/mol. The zero-order chi connectivity index (χ0) is 15.5. The Morgan fingerprint density at radius 2 is 1.85 bits per heavy atom. The summed E-state index contributed by atoms with van der Waals surface area (Å²) in [6.07, 6.45) is -0.477. The molecule has 112 valence electrons. The summed E-state index contributed by atoms with van der Waals surface area (Å²) in [7, 11) is -5.06. The summed E-state index contributed by atoms with van der Waals surface area (Å²) in [6, 6.07) is 1.47. The summed E-state index contributed by atoms with van der Waals surface area (Å²) >= 11 is 0. The number of hydrogen-bond acceptors (Lipinski definition) is 5. The third kappa shape index (κ3) is 4.03. The predicted molar refractivity (Wildman–Crippen MR) is 63.0 cm³/mol. The number of nitrogens with one attached hydrogen (secondary N) is 1. The van der Waals surface area contributed by atoms with Crippen LogP contribution in [0.15, 0.2) is 18.2 Å². The number of aromatic hydroxyl groups is 2. The van der Waals surface area contributed by atoms with E-state index in [9.17, 15) is 27.1 Å². The molecule has 7 nitrogen and oxygen atoms in total. The molecule has 0 fully saturated rings. The van der Waals surface area contributed by atoms with Crippen LogP contribution in [0.5, 0.6) is 11.5 Å². The minimum atomic E-state index is -5.06. The molecule has 0 heterocycles. The zero-order valence-corrected chi connectivity index (χ0v) is 10.6. The first-order valence-electron chi connectivity index (χ1n) is 5.16. The van der Waals surface area contributed by atoms with Crippen molar-refractivity contribution in [1.29, 1.82) is 0 Å². The van der Waals surface area contributed by atoms with E-state index in [1.54, 1.807) is 0 Å². The Balaban J connectivity index is 2.93. The van der Waals surface area contributed by atoms with Gasteiger partial charge < -0.3 is 15.3 Å². The summed E-state index contributed by atoms with van der Waals surface area (Å²) in [5, 5.41) is 27.1. The van der Waals surface area contributed by atoms with Crippen molar-refractivity contribution >= 4 is 16.0 Å². The smallest absolute Gasteiger partial charge is 0.350 e. The molecule has 0 bridgehead atoms. The Labute approximate surface area is 112 Å². The van der Waals surface area contributed by atoms with Gasteiger partial charge in [-0.05, 0) is 24.1 Å². The summed E-state index contributed by atoms with van der Waals surface area (Å²) in [4.78, 5) is 10.9. The van der Waals surface area contributed by atoms with Crippen LogP contribution in [0.4, 0.5) is 8.78 Å². The van der Waals surface area contributed by atoms with Crippen LogP contribution in [-0.2, 0) is 21.2 Å². The predicted octanol–water partition coefficient (Wildman–Crippen LogP) is 0.236. The molecule has 0 spiro atoms. The minimum Gasteiger partial charge on any atom is -0.504 e. The Bertz CT molecular complexity index is 604. The number of carboxylic acids is 1. The number of phenolic OH excluding ortho intramolecular Hbond substituents is 2. The zero-order valence-electron chi connectivity index (χ0n) is 9.82. The number of carbonyl (C=O) groups is 1. The van der Waals surface area contributed by atoms with E-state index in [4.69, 9.17) is 10.2 Å². The van der Waals surface area contributed by atoms with Gasteiger partial charge in [0.2, 0.25) is 0 Å². The largest absolute Gasteiger partial charge is 0.504 e. The molecular weight excluding hydrogens is 300 g/mol. The molecule has 1 rings (SSSR count). The van der Waals surface area contributed by atoms with Gasteiger partial charge >= 0.3 is 11.7 Å². The normalized spacial score (nSPS) is 13.3. The highest BCUT2D eigenvalue weighted by atomic mass is 32.2. The Hall–Kier alpha value is -1.94. The van der Waals surface area contributed by atoms with Crippen LogP contribution in [0.1, 0.15) is 5.56 Å². The summed E-state index contributed by atoms with van der Waals surface area (Å²) in [5.41, 5.74) is 0.143. The van der Waals surface area contributed by atoms with Crippen molar-refractivity contribution in [3.05, 3.63) is 23.8 Å². The van der Waals surface area contributed by atoms with E-state index in [-0.39, 0.29) is 5.56 Å². The second-order valence-electron chi connectivity index (χ2n) is 3.84. The van der Waals surface area contributed by atoms with E-state index in [0.29, 0.717) is 0 Å². The Morgan fingerprint density at radius 1 is 1.25 bits per heavy atom. The topological polar surface area (TPSA) is 124 Å². The lowest BCUT2D eigenvalue weighted by Crippen LogP contribution is -2.44. The third-order valence-electron chi connectivity index (χ3n) is 2.32. The monoisotopic (exact) mass is 311 g/mol. The van der Waals surface area contributed by atoms with Gasteiger partial charge in [-0.15, -0.1) is 0 Å². The summed E-state index contributed by atoms with van der Waals surface area (Å²) < 4.78 is 47.6. The second-order valence-corrected chi connectivity index (χ2v) is 5.52. The first kappa shape index (κ1) is 16.1. The van der Waals surface area contributed by atoms with E-state index in [1.165, 1.54) is 10.8 Å².